The van der Waals surface area contributed by atoms with Crippen LogP contribution in [-0.4, -0.2) is 6.04 Å². The lowest BCUT2D eigenvalue weighted by Crippen LogP contribution is -2.25. The predicted molar refractivity (Wildman–Crippen MR) is 60.1 cm³/mol. The standard InChI is InChI=1S/C13H16FN/c1-10-8-11(6-7-13(10)14)9-15-12-4-2-3-5-12/h2-3,6-8,12,15H,4-5,9H2,1H3. The molecule has 2 heteroatoms. The molecule has 1 aliphatic carbocycles. The van der Waals surface area contributed by atoms with Crippen LogP contribution in [0.2, 0.25) is 0 Å². The molecule has 0 radical (unpaired) electrons. The molecule has 0 amide bonds. The van der Waals surface area contributed by atoms with Crippen LogP contribution < -0.4 is 5.32 Å². The Morgan fingerprint density at radius 3 is 2.73 bits per heavy atom. The Morgan fingerprint density at radius 2 is 2.07 bits per heavy atom. The first-order valence-electron chi connectivity index (χ1n) is 5.39. The van der Waals surface area contributed by atoms with Gasteiger partial charge < -0.3 is 5.32 Å². The highest BCUT2D eigenvalue weighted by atomic mass is 19.1. The van der Waals surface area contributed by atoms with E-state index in [1.54, 1.807) is 13.0 Å². The SMILES string of the molecule is Cc1cc(CNC2CC=CC2)ccc1F. The summed E-state index contributed by atoms with van der Waals surface area (Å²) in [5.74, 6) is -0.124. The number of benzene rings is 1. The lowest BCUT2D eigenvalue weighted by atomic mass is 10.1. The van der Waals surface area contributed by atoms with E-state index in [4.69, 9.17) is 0 Å². The molecule has 0 saturated carbocycles. The topological polar surface area (TPSA) is 12.0 Å². The summed E-state index contributed by atoms with van der Waals surface area (Å²) in [6, 6.07) is 5.86. The fraction of sp³-hybridized carbons (Fsp3) is 0.385. The minimum Gasteiger partial charge on any atom is -0.309 e. The van der Waals surface area contributed by atoms with Crippen molar-refractivity contribution in [2.24, 2.45) is 0 Å². The average Bonchev–Trinajstić information content (AvgIpc) is 2.73. The lowest BCUT2D eigenvalue weighted by molar-refractivity contribution is 0.537. The largest absolute Gasteiger partial charge is 0.309 e. The summed E-state index contributed by atoms with van der Waals surface area (Å²) in [4.78, 5) is 0. The second-order valence-corrected chi connectivity index (χ2v) is 4.10. The zero-order chi connectivity index (χ0) is 10.7. The van der Waals surface area contributed by atoms with Crippen LogP contribution in [0.1, 0.15) is 24.0 Å². The molecule has 0 saturated heterocycles. The molecule has 0 aliphatic heterocycles. The van der Waals surface area contributed by atoms with Gasteiger partial charge in [-0.2, -0.15) is 0 Å². The molecule has 2 rings (SSSR count). The number of nitrogens with one attached hydrogen (secondary N) is 1. The maximum atomic E-state index is 13.0. The van der Waals surface area contributed by atoms with E-state index in [1.165, 1.54) is 0 Å². The minimum atomic E-state index is -0.124. The van der Waals surface area contributed by atoms with Gasteiger partial charge in [-0.15, -0.1) is 0 Å². The first kappa shape index (κ1) is 10.4. The summed E-state index contributed by atoms with van der Waals surface area (Å²) >= 11 is 0. The van der Waals surface area contributed by atoms with Crippen molar-refractivity contribution in [3.05, 3.63) is 47.3 Å². The van der Waals surface area contributed by atoms with Crippen LogP contribution >= 0.6 is 0 Å². The van der Waals surface area contributed by atoms with Crippen molar-refractivity contribution in [3.63, 3.8) is 0 Å². The highest BCUT2D eigenvalue weighted by Gasteiger charge is 2.08. The van der Waals surface area contributed by atoms with Crippen LogP contribution in [0.15, 0.2) is 30.4 Å². The Kier molecular flexibility index (Phi) is 3.17. The lowest BCUT2D eigenvalue weighted by Gasteiger charge is -2.12. The average molecular weight is 205 g/mol. The third kappa shape index (κ3) is 2.66. The number of aryl methyl sites for hydroxylation is 1. The van der Waals surface area contributed by atoms with Crippen molar-refractivity contribution < 1.29 is 4.39 Å². The first-order chi connectivity index (χ1) is 7.25. The van der Waals surface area contributed by atoms with Crippen LogP contribution in [0.4, 0.5) is 4.39 Å². The molecule has 0 unspecified atom stereocenters. The van der Waals surface area contributed by atoms with Crippen molar-refractivity contribution >= 4 is 0 Å². The van der Waals surface area contributed by atoms with E-state index in [9.17, 15) is 4.39 Å². The predicted octanol–water partition coefficient (Wildman–Crippen LogP) is 2.94. The van der Waals surface area contributed by atoms with Crippen molar-refractivity contribution in [1.29, 1.82) is 0 Å². The Morgan fingerprint density at radius 1 is 1.33 bits per heavy atom. The van der Waals surface area contributed by atoms with Gasteiger partial charge in [-0.05, 0) is 37.0 Å². The van der Waals surface area contributed by atoms with Crippen molar-refractivity contribution in [2.45, 2.75) is 32.4 Å². The molecular weight excluding hydrogens is 189 g/mol. The molecule has 0 fully saturated rings. The molecule has 1 aromatic carbocycles. The zero-order valence-electron chi connectivity index (χ0n) is 8.96. The normalized spacial score (nSPS) is 16.1. The van der Waals surface area contributed by atoms with E-state index in [1.807, 2.05) is 12.1 Å². The molecular formula is C13H16FN. The summed E-state index contributed by atoms with van der Waals surface area (Å²) < 4.78 is 13.0. The van der Waals surface area contributed by atoms with E-state index >= 15 is 0 Å². The fourth-order valence-corrected chi connectivity index (χ4v) is 1.86. The molecule has 15 heavy (non-hydrogen) atoms. The quantitative estimate of drug-likeness (QED) is 0.748. The van der Waals surface area contributed by atoms with E-state index in [0.717, 1.165) is 30.5 Å². The molecule has 80 valence electrons. The highest BCUT2D eigenvalue weighted by Crippen LogP contribution is 2.12. The molecule has 0 bridgehead atoms. The van der Waals surface area contributed by atoms with Crippen molar-refractivity contribution in [2.75, 3.05) is 0 Å². The van der Waals surface area contributed by atoms with Gasteiger partial charge in [0.2, 0.25) is 0 Å². The van der Waals surface area contributed by atoms with Gasteiger partial charge in [-0.25, -0.2) is 4.39 Å². The van der Waals surface area contributed by atoms with Gasteiger partial charge in [0.25, 0.3) is 0 Å². The van der Waals surface area contributed by atoms with E-state index in [0.29, 0.717) is 6.04 Å². The van der Waals surface area contributed by atoms with Gasteiger partial charge in [0.1, 0.15) is 5.82 Å². The highest BCUT2D eigenvalue weighted by molar-refractivity contribution is 5.23. The van der Waals surface area contributed by atoms with Crippen LogP contribution in [0.3, 0.4) is 0 Å². The maximum absolute atomic E-state index is 13.0. The molecule has 1 N–H and O–H groups in total. The molecule has 0 aromatic heterocycles. The number of hydrogen-bond donors (Lipinski definition) is 1. The van der Waals surface area contributed by atoms with E-state index < -0.39 is 0 Å². The monoisotopic (exact) mass is 205 g/mol. The second kappa shape index (κ2) is 4.58. The van der Waals surface area contributed by atoms with Crippen molar-refractivity contribution in [1.82, 2.24) is 5.32 Å². The van der Waals surface area contributed by atoms with E-state index in [2.05, 4.69) is 17.5 Å². The van der Waals surface area contributed by atoms with Gasteiger partial charge in [-0.3, -0.25) is 0 Å². The molecule has 0 atom stereocenters. The summed E-state index contributed by atoms with van der Waals surface area (Å²) in [6.45, 7) is 2.63. The molecule has 0 heterocycles. The minimum absolute atomic E-state index is 0.124. The first-order valence-corrected chi connectivity index (χ1v) is 5.39. The Balaban J connectivity index is 1.90. The van der Waals surface area contributed by atoms with Crippen LogP contribution in [0.5, 0.6) is 0 Å². The van der Waals surface area contributed by atoms with Gasteiger partial charge in [0.05, 0.1) is 0 Å². The third-order valence-electron chi connectivity index (χ3n) is 2.83. The summed E-state index contributed by atoms with van der Waals surface area (Å²) in [6.07, 6.45) is 6.63. The van der Waals surface area contributed by atoms with Crippen molar-refractivity contribution in [3.8, 4) is 0 Å². The Hall–Kier alpha value is -1.15. The second-order valence-electron chi connectivity index (χ2n) is 4.10. The van der Waals surface area contributed by atoms with Crippen LogP contribution in [0.25, 0.3) is 0 Å². The van der Waals surface area contributed by atoms with Crippen LogP contribution in [-0.2, 0) is 6.54 Å². The molecule has 0 spiro atoms. The van der Waals surface area contributed by atoms with Gasteiger partial charge in [0.15, 0.2) is 0 Å². The Labute approximate surface area is 90.0 Å². The van der Waals surface area contributed by atoms with Crippen LogP contribution in [0, 0.1) is 12.7 Å². The Bertz CT molecular complexity index is 363. The molecule has 1 aliphatic rings. The maximum Gasteiger partial charge on any atom is 0.126 e. The van der Waals surface area contributed by atoms with E-state index in [-0.39, 0.29) is 5.82 Å². The number of hydrogen-bond acceptors (Lipinski definition) is 1. The molecule has 1 nitrogen and oxygen atoms in total. The number of halogens is 1. The zero-order valence-corrected chi connectivity index (χ0v) is 8.96. The van der Waals surface area contributed by atoms with Gasteiger partial charge in [0, 0.05) is 12.6 Å². The summed E-state index contributed by atoms with van der Waals surface area (Å²) in [7, 11) is 0. The van der Waals surface area contributed by atoms with Gasteiger partial charge >= 0.3 is 0 Å². The summed E-state index contributed by atoms with van der Waals surface area (Å²) in [5, 5.41) is 3.46. The number of rotatable bonds is 3. The fourth-order valence-electron chi connectivity index (χ4n) is 1.86. The molecule has 1 aromatic rings. The third-order valence-corrected chi connectivity index (χ3v) is 2.83. The summed E-state index contributed by atoms with van der Waals surface area (Å²) in [5.41, 5.74) is 1.87. The van der Waals surface area contributed by atoms with Gasteiger partial charge in [-0.1, -0.05) is 24.3 Å². The smallest absolute Gasteiger partial charge is 0.126 e.